The largest absolute Gasteiger partial charge is 0.457 e. The third-order valence-corrected chi connectivity index (χ3v) is 6.15. The van der Waals surface area contributed by atoms with Crippen LogP contribution < -0.4 is 0 Å². The summed E-state index contributed by atoms with van der Waals surface area (Å²) in [5, 5.41) is 30.1. The minimum Gasteiger partial charge on any atom is -0.457 e. The lowest BCUT2D eigenvalue weighted by molar-refractivity contribution is 0.0470. The van der Waals surface area contributed by atoms with Gasteiger partial charge in [0.2, 0.25) is 0 Å². The van der Waals surface area contributed by atoms with Crippen LogP contribution in [-0.4, -0.2) is 70.2 Å². The van der Waals surface area contributed by atoms with Gasteiger partial charge in [-0.2, -0.15) is 5.26 Å². The smallest absolute Gasteiger partial charge is 0.338 e. The van der Waals surface area contributed by atoms with Crippen molar-refractivity contribution in [3.8, 4) is 6.07 Å². The van der Waals surface area contributed by atoms with Crippen molar-refractivity contribution in [3.05, 3.63) is 64.0 Å². The molecule has 2 aliphatic heterocycles. The van der Waals surface area contributed by atoms with Gasteiger partial charge in [0, 0.05) is 51.0 Å². The van der Waals surface area contributed by atoms with E-state index < -0.39 is 12.2 Å². The molecule has 1 saturated heterocycles. The topological polar surface area (TPSA) is 110 Å². The summed E-state index contributed by atoms with van der Waals surface area (Å²) >= 11 is 0. The van der Waals surface area contributed by atoms with E-state index in [0.717, 1.165) is 42.9 Å². The van der Waals surface area contributed by atoms with Crippen LogP contribution in [0.4, 0.5) is 0 Å². The summed E-state index contributed by atoms with van der Waals surface area (Å²) in [4.78, 5) is 20.3. The molecular formula is C23H26N4O4. The number of aliphatic hydroxyl groups excluding tert-OH is 2. The number of fused-ring (bicyclic) bond motifs is 1. The summed E-state index contributed by atoms with van der Waals surface area (Å²) < 4.78 is 5.10. The fourth-order valence-corrected chi connectivity index (χ4v) is 4.23. The average molecular weight is 422 g/mol. The number of carbonyl (C=O) groups is 1. The highest BCUT2D eigenvalue weighted by atomic mass is 16.5. The number of carbonyl (C=O) groups excluding carboxylic acids is 1. The van der Waals surface area contributed by atoms with Gasteiger partial charge in [0.1, 0.15) is 18.8 Å². The molecule has 0 spiro atoms. The molecule has 1 aromatic carbocycles. The molecule has 0 saturated carbocycles. The lowest BCUT2D eigenvalue weighted by Crippen LogP contribution is -2.48. The quantitative estimate of drug-likeness (QED) is 0.671. The fourth-order valence-electron chi connectivity index (χ4n) is 4.23. The Hall–Kier alpha value is -2.83. The first kappa shape index (κ1) is 21.4. The van der Waals surface area contributed by atoms with E-state index in [4.69, 9.17) is 10.00 Å². The van der Waals surface area contributed by atoms with Gasteiger partial charge >= 0.3 is 5.97 Å². The van der Waals surface area contributed by atoms with Crippen LogP contribution in [0.1, 0.15) is 50.5 Å². The lowest BCUT2D eigenvalue weighted by atomic mass is 9.95. The number of benzene rings is 1. The Morgan fingerprint density at radius 1 is 1.10 bits per heavy atom. The Labute approximate surface area is 181 Å². The molecule has 4 rings (SSSR count). The normalized spacial score (nSPS) is 18.8. The zero-order chi connectivity index (χ0) is 22.0. The van der Waals surface area contributed by atoms with Gasteiger partial charge in [-0.05, 0) is 36.2 Å². The summed E-state index contributed by atoms with van der Waals surface area (Å²) in [7, 11) is 0. The van der Waals surface area contributed by atoms with Gasteiger partial charge in [-0.3, -0.25) is 14.8 Å². The minimum atomic E-state index is -0.705. The van der Waals surface area contributed by atoms with E-state index in [-0.39, 0.29) is 12.6 Å². The molecule has 2 atom stereocenters. The van der Waals surface area contributed by atoms with Gasteiger partial charge in [0.05, 0.1) is 22.9 Å². The SMILES string of the molecule is Cc1c([C@@H](O)CN2CCN(C[C@@H](O)c3ccc(C#N)cn3)CC2)ccc2c1COC2=O. The second-order valence-electron chi connectivity index (χ2n) is 8.10. The predicted molar refractivity (Wildman–Crippen MR) is 112 cm³/mol. The molecule has 1 aromatic heterocycles. The number of hydrogen-bond acceptors (Lipinski definition) is 8. The van der Waals surface area contributed by atoms with Crippen molar-refractivity contribution in [2.45, 2.75) is 25.7 Å². The molecule has 0 unspecified atom stereocenters. The van der Waals surface area contributed by atoms with Crippen LogP contribution in [0, 0.1) is 18.3 Å². The number of esters is 1. The number of piperazine rings is 1. The molecule has 2 aliphatic rings. The highest BCUT2D eigenvalue weighted by molar-refractivity contribution is 5.93. The number of β-amino-alcohol motifs (C(OH)–C–C–N with tert-alkyl or cyclic N) is 2. The summed E-state index contributed by atoms with van der Waals surface area (Å²) in [6.07, 6.45) is 0.130. The van der Waals surface area contributed by atoms with Crippen molar-refractivity contribution < 1.29 is 19.7 Å². The van der Waals surface area contributed by atoms with Crippen molar-refractivity contribution >= 4 is 5.97 Å². The first-order valence-corrected chi connectivity index (χ1v) is 10.4. The van der Waals surface area contributed by atoms with Crippen molar-refractivity contribution in [3.63, 3.8) is 0 Å². The van der Waals surface area contributed by atoms with Crippen LogP contribution >= 0.6 is 0 Å². The van der Waals surface area contributed by atoms with Crippen molar-refractivity contribution in [1.29, 1.82) is 5.26 Å². The Kier molecular flexibility index (Phi) is 6.30. The van der Waals surface area contributed by atoms with Crippen LogP contribution in [-0.2, 0) is 11.3 Å². The molecule has 3 heterocycles. The molecule has 162 valence electrons. The maximum absolute atomic E-state index is 11.7. The maximum atomic E-state index is 11.7. The minimum absolute atomic E-state index is 0.273. The number of nitrogens with zero attached hydrogens (tertiary/aromatic N) is 4. The third kappa shape index (κ3) is 4.60. The molecule has 2 N–H and O–H groups in total. The van der Waals surface area contributed by atoms with E-state index >= 15 is 0 Å². The number of aliphatic hydroxyl groups is 2. The van der Waals surface area contributed by atoms with Crippen molar-refractivity contribution in [2.24, 2.45) is 0 Å². The van der Waals surface area contributed by atoms with Crippen molar-refractivity contribution in [1.82, 2.24) is 14.8 Å². The van der Waals surface area contributed by atoms with Crippen molar-refractivity contribution in [2.75, 3.05) is 39.3 Å². The maximum Gasteiger partial charge on any atom is 0.338 e. The molecule has 0 radical (unpaired) electrons. The van der Waals surface area contributed by atoms with E-state index in [0.29, 0.717) is 29.9 Å². The molecule has 1 fully saturated rings. The Balaban J connectivity index is 1.29. The van der Waals surface area contributed by atoms with Gasteiger partial charge in [-0.25, -0.2) is 4.79 Å². The van der Waals surface area contributed by atoms with E-state index in [1.807, 2.05) is 19.1 Å². The molecule has 0 aliphatic carbocycles. The molecular weight excluding hydrogens is 396 g/mol. The standard InChI is InChI=1S/C23H26N4O4/c1-15-17(3-4-18-19(15)14-31-23(18)30)21(28)12-26-6-8-27(9-7-26)13-22(29)20-5-2-16(10-24)11-25-20/h2-5,11,21-22,28-29H,6-9,12-14H2,1H3/t21-,22+/m0/s1. The highest BCUT2D eigenvalue weighted by Crippen LogP contribution is 2.29. The molecule has 8 heteroatoms. The van der Waals surface area contributed by atoms with Crippen LogP contribution in [0.25, 0.3) is 0 Å². The first-order valence-electron chi connectivity index (χ1n) is 10.4. The number of rotatable bonds is 6. The summed E-state index contributed by atoms with van der Waals surface area (Å²) in [6, 6.07) is 8.94. The molecule has 8 nitrogen and oxygen atoms in total. The Morgan fingerprint density at radius 3 is 2.39 bits per heavy atom. The third-order valence-electron chi connectivity index (χ3n) is 6.15. The van der Waals surface area contributed by atoms with Gasteiger partial charge in [-0.15, -0.1) is 0 Å². The van der Waals surface area contributed by atoms with Gasteiger partial charge in [0.15, 0.2) is 0 Å². The zero-order valence-electron chi connectivity index (χ0n) is 17.5. The summed E-state index contributed by atoms with van der Waals surface area (Å²) in [6.45, 7) is 6.34. The van der Waals surface area contributed by atoms with Gasteiger partial charge in [-0.1, -0.05) is 6.07 Å². The number of pyridine rings is 1. The second-order valence-corrected chi connectivity index (χ2v) is 8.10. The molecule has 2 aromatic rings. The number of aromatic nitrogens is 1. The number of cyclic esters (lactones) is 1. The fraction of sp³-hybridized carbons (Fsp3) is 0.435. The van der Waals surface area contributed by atoms with E-state index in [2.05, 4.69) is 14.8 Å². The van der Waals surface area contributed by atoms with Crippen LogP contribution in [0.2, 0.25) is 0 Å². The Bertz CT molecular complexity index is 994. The highest BCUT2D eigenvalue weighted by Gasteiger charge is 2.27. The van der Waals surface area contributed by atoms with Crippen LogP contribution in [0.5, 0.6) is 0 Å². The Morgan fingerprint density at radius 2 is 1.77 bits per heavy atom. The zero-order valence-corrected chi connectivity index (χ0v) is 17.5. The van der Waals surface area contributed by atoms with Gasteiger partial charge in [0.25, 0.3) is 0 Å². The summed E-state index contributed by atoms with van der Waals surface area (Å²) in [5.74, 6) is -0.298. The monoisotopic (exact) mass is 422 g/mol. The predicted octanol–water partition coefficient (Wildman–Crippen LogP) is 1.32. The molecule has 0 amide bonds. The van der Waals surface area contributed by atoms with Gasteiger partial charge < -0.3 is 14.9 Å². The second kappa shape index (κ2) is 9.12. The average Bonchev–Trinajstić information content (AvgIpc) is 3.17. The van der Waals surface area contributed by atoms with Crippen LogP contribution in [0.3, 0.4) is 0 Å². The number of ether oxygens (including phenoxy) is 1. The lowest BCUT2D eigenvalue weighted by Gasteiger charge is -2.36. The molecule has 31 heavy (non-hydrogen) atoms. The van der Waals surface area contributed by atoms with Crippen LogP contribution in [0.15, 0.2) is 30.5 Å². The van der Waals surface area contributed by atoms with E-state index in [1.54, 1.807) is 18.2 Å². The number of nitriles is 1. The van der Waals surface area contributed by atoms with E-state index in [1.165, 1.54) is 6.20 Å². The summed E-state index contributed by atoms with van der Waals surface area (Å²) in [5.41, 5.74) is 4.26. The number of hydrogen-bond donors (Lipinski definition) is 2. The first-order chi connectivity index (χ1) is 15.0. The molecule has 0 bridgehead atoms. The van der Waals surface area contributed by atoms with E-state index in [9.17, 15) is 15.0 Å².